The fraction of sp³-hybridized carbons (Fsp3) is 1.00. The molecule has 0 amide bonds. The van der Waals surface area contributed by atoms with Crippen LogP contribution in [0.1, 0.15) is 83.0 Å². The van der Waals surface area contributed by atoms with E-state index in [9.17, 15) is 13.0 Å². The first-order valence-electron chi connectivity index (χ1n) is 7.39. The molecule has 0 heterocycles. The van der Waals surface area contributed by atoms with Gasteiger partial charge in [0.05, 0.1) is 14.9 Å². The Bertz CT molecular complexity index is 362. The minimum atomic E-state index is -4.10. The lowest BCUT2D eigenvalue weighted by Crippen LogP contribution is -2.51. The van der Waals surface area contributed by atoms with Gasteiger partial charge in [0.15, 0.2) is 0 Å². The maximum absolute atomic E-state index is 10.3. The predicted octanol–water partition coefficient (Wildman–Crippen LogP) is 3.79. The molecule has 124 valence electrons. The van der Waals surface area contributed by atoms with E-state index in [4.69, 9.17) is 0 Å². The zero-order chi connectivity index (χ0) is 16.8. The topological polar surface area (TPSA) is 69.2 Å². The largest absolute Gasteiger partial charge is 1.00 e. The fourth-order valence-electron chi connectivity index (χ4n) is 1.27. The first-order chi connectivity index (χ1) is 8.64. The SMILES string of the molecule is CCC(C)(C)NC(C)(C)CC.CCC(C)(C)S(=O)(=O)[O-].[H+]. The highest BCUT2D eigenvalue weighted by atomic mass is 32.2. The van der Waals surface area contributed by atoms with Gasteiger partial charge in [0.2, 0.25) is 0 Å². The molecule has 5 heteroatoms. The van der Waals surface area contributed by atoms with E-state index < -0.39 is 14.9 Å². The number of nitrogens with one attached hydrogen (secondary N) is 1. The summed E-state index contributed by atoms with van der Waals surface area (Å²) in [7, 11) is -4.10. The third kappa shape index (κ3) is 8.93. The van der Waals surface area contributed by atoms with Gasteiger partial charge in [-0.05, 0) is 60.8 Å². The van der Waals surface area contributed by atoms with Crippen LogP contribution in [0.5, 0.6) is 0 Å². The Hall–Kier alpha value is -0.130. The second-order valence-corrected chi connectivity index (χ2v) is 9.18. The molecule has 0 aliphatic carbocycles. The van der Waals surface area contributed by atoms with Crippen molar-refractivity contribution in [3.8, 4) is 0 Å². The van der Waals surface area contributed by atoms with E-state index >= 15 is 0 Å². The van der Waals surface area contributed by atoms with Gasteiger partial charge in [0.25, 0.3) is 0 Å². The van der Waals surface area contributed by atoms with Gasteiger partial charge < -0.3 is 9.87 Å². The highest BCUT2D eigenvalue weighted by Crippen LogP contribution is 2.18. The highest BCUT2D eigenvalue weighted by molar-refractivity contribution is 7.87. The zero-order valence-corrected chi connectivity index (χ0v) is 15.6. The van der Waals surface area contributed by atoms with Crippen molar-refractivity contribution in [2.24, 2.45) is 0 Å². The van der Waals surface area contributed by atoms with E-state index in [1.165, 1.54) is 26.7 Å². The van der Waals surface area contributed by atoms with Crippen molar-refractivity contribution in [3.05, 3.63) is 0 Å². The molecular weight excluding hydrogens is 274 g/mol. The van der Waals surface area contributed by atoms with Crippen LogP contribution in [0.4, 0.5) is 0 Å². The van der Waals surface area contributed by atoms with Crippen LogP contribution in [0.2, 0.25) is 0 Å². The van der Waals surface area contributed by atoms with E-state index in [0.29, 0.717) is 6.42 Å². The molecule has 0 saturated heterocycles. The van der Waals surface area contributed by atoms with Crippen LogP contribution in [-0.2, 0) is 10.1 Å². The van der Waals surface area contributed by atoms with Gasteiger partial charge in [0, 0.05) is 11.1 Å². The third-order valence-corrected chi connectivity index (χ3v) is 5.61. The molecule has 0 rings (SSSR count). The number of rotatable bonds is 6. The lowest BCUT2D eigenvalue weighted by atomic mass is 9.93. The van der Waals surface area contributed by atoms with Crippen molar-refractivity contribution in [1.29, 1.82) is 0 Å². The van der Waals surface area contributed by atoms with E-state index in [0.717, 1.165) is 0 Å². The summed E-state index contributed by atoms with van der Waals surface area (Å²) in [5.41, 5.74) is 0.555. The van der Waals surface area contributed by atoms with Crippen molar-refractivity contribution in [3.63, 3.8) is 0 Å². The standard InChI is InChI=1S/C10H23N.C5H12O3S/c1-7-9(3,4)11-10(5,6)8-2;1-4-5(2,3)9(6,7)8/h11H,7-8H2,1-6H3;4H2,1-3H3,(H,6,7,8). The quantitative estimate of drug-likeness (QED) is 0.758. The number of hydrogen-bond donors (Lipinski definition) is 1. The van der Waals surface area contributed by atoms with E-state index in [1.54, 1.807) is 6.92 Å². The maximum Gasteiger partial charge on any atom is 1.00 e. The second-order valence-electron chi connectivity index (χ2n) is 7.17. The predicted molar refractivity (Wildman–Crippen MR) is 87.1 cm³/mol. The Morgan fingerprint density at radius 1 is 0.850 bits per heavy atom. The Balaban J connectivity index is -0.000000300. The summed E-state index contributed by atoms with van der Waals surface area (Å²) in [4.78, 5) is 0. The first kappa shape index (κ1) is 22.2. The monoisotopic (exact) mass is 309 g/mol. The fourth-order valence-corrected chi connectivity index (χ4v) is 1.62. The van der Waals surface area contributed by atoms with Crippen LogP contribution in [-0.4, -0.2) is 28.8 Å². The average molecular weight is 310 g/mol. The summed E-state index contributed by atoms with van der Waals surface area (Å²) in [6.45, 7) is 18.0. The van der Waals surface area contributed by atoms with Gasteiger partial charge in [-0.3, -0.25) is 0 Å². The summed E-state index contributed by atoms with van der Waals surface area (Å²) < 4.78 is 29.9. The van der Waals surface area contributed by atoms with Crippen LogP contribution < -0.4 is 5.32 Å². The van der Waals surface area contributed by atoms with Crippen molar-refractivity contribution in [2.45, 2.75) is 97.4 Å². The van der Waals surface area contributed by atoms with Crippen molar-refractivity contribution < 1.29 is 14.4 Å². The molecule has 0 spiro atoms. The highest BCUT2D eigenvalue weighted by Gasteiger charge is 2.24. The summed E-state index contributed by atoms with van der Waals surface area (Å²) in [5.74, 6) is 0. The molecule has 0 saturated carbocycles. The van der Waals surface area contributed by atoms with Crippen LogP contribution >= 0.6 is 0 Å². The average Bonchev–Trinajstić information content (AvgIpc) is 2.27. The van der Waals surface area contributed by atoms with Gasteiger partial charge in [-0.2, -0.15) is 0 Å². The Kier molecular flexibility index (Phi) is 8.59. The van der Waals surface area contributed by atoms with Crippen LogP contribution in [0.3, 0.4) is 0 Å². The van der Waals surface area contributed by atoms with Gasteiger partial charge in [-0.15, -0.1) is 0 Å². The van der Waals surface area contributed by atoms with Crippen molar-refractivity contribution in [1.82, 2.24) is 5.32 Å². The molecule has 0 radical (unpaired) electrons. The minimum Gasteiger partial charge on any atom is -0.748 e. The Labute approximate surface area is 128 Å². The third-order valence-electron chi connectivity index (χ3n) is 3.97. The summed E-state index contributed by atoms with van der Waals surface area (Å²) in [5, 5.41) is 3.63. The summed E-state index contributed by atoms with van der Waals surface area (Å²) >= 11 is 0. The molecule has 20 heavy (non-hydrogen) atoms. The van der Waals surface area contributed by atoms with E-state index in [2.05, 4.69) is 46.9 Å². The zero-order valence-electron chi connectivity index (χ0n) is 15.8. The molecule has 0 aromatic heterocycles. The number of hydrogen-bond acceptors (Lipinski definition) is 4. The first-order valence-corrected chi connectivity index (χ1v) is 8.79. The summed E-state index contributed by atoms with van der Waals surface area (Å²) in [6, 6.07) is 0. The smallest absolute Gasteiger partial charge is 0.748 e. The Morgan fingerprint density at radius 2 is 1.15 bits per heavy atom. The van der Waals surface area contributed by atoms with Crippen LogP contribution in [0, 0.1) is 0 Å². The van der Waals surface area contributed by atoms with Crippen molar-refractivity contribution >= 4 is 10.1 Å². The molecule has 0 fully saturated rings. The molecular formula is C15H35NO3S. The normalized spacial score (nSPS) is 13.7. The van der Waals surface area contributed by atoms with Crippen LogP contribution in [0.25, 0.3) is 0 Å². The lowest BCUT2D eigenvalue weighted by Gasteiger charge is -2.36. The molecule has 0 bridgehead atoms. The van der Waals surface area contributed by atoms with Gasteiger partial charge in [-0.25, -0.2) is 8.42 Å². The molecule has 0 aromatic rings. The van der Waals surface area contributed by atoms with Gasteiger partial charge >= 0.3 is 1.43 Å². The molecule has 0 aromatic carbocycles. The maximum atomic E-state index is 10.3. The summed E-state index contributed by atoms with van der Waals surface area (Å²) in [6.07, 6.45) is 2.71. The molecule has 0 atom stereocenters. The van der Waals surface area contributed by atoms with E-state index in [-0.39, 0.29) is 12.5 Å². The molecule has 0 unspecified atom stereocenters. The molecule has 1 N–H and O–H groups in total. The van der Waals surface area contributed by atoms with Gasteiger partial charge in [-0.1, -0.05) is 20.8 Å². The van der Waals surface area contributed by atoms with E-state index in [1.807, 2.05) is 0 Å². The minimum absolute atomic E-state index is 0. The second kappa shape index (κ2) is 7.76. The Morgan fingerprint density at radius 3 is 1.25 bits per heavy atom. The lowest BCUT2D eigenvalue weighted by molar-refractivity contribution is 0.252. The molecule has 0 aliphatic rings. The molecule has 0 aliphatic heterocycles. The van der Waals surface area contributed by atoms with Gasteiger partial charge in [0.1, 0.15) is 0 Å². The van der Waals surface area contributed by atoms with Crippen molar-refractivity contribution in [2.75, 3.05) is 0 Å². The molecule has 4 nitrogen and oxygen atoms in total. The van der Waals surface area contributed by atoms with Crippen LogP contribution in [0.15, 0.2) is 0 Å².